The highest BCUT2D eigenvalue weighted by molar-refractivity contribution is 6.01. The van der Waals surface area contributed by atoms with Crippen LogP contribution in [0.2, 0.25) is 0 Å². The number of benzene rings is 1. The third kappa shape index (κ3) is 2.27. The summed E-state index contributed by atoms with van der Waals surface area (Å²) in [6, 6.07) is 9.72. The molecule has 3 heteroatoms. The third-order valence-corrected chi connectivity index (χ3v) is 4.42. The van der Waals surface area contributed by atoms with E-state index < -0.39 is 0 Å². The van der Waals surface area contributed by atoms with Crippen LogP contribution >= 0.6 is 0 Å². The normalized spacial score (nSPS) is 18.2. The first-order valence-electron chi connectivity index (χ1n) is 7.49. The van der Waals surface area contributed by atoms with E-state index in [1.54, 1.807) is 0 Å². The summed E-state index contributed by atoms with van der Waals surface area (Å²) in [5, 5.41) is 4.36. The van der Waals surface area contributed by atoms with Gasteiger partial charge in [-0.2, -0.15) is 0 Å². The van der Waals surface area contributed by atoms with Crippen LogP contribution in [0.1, 0.15) is 43.2 Å². The molecule has 3 nitrogen and oxygen atoms in total. The second-order valence-corrected chi connectivity index (χ2v) is 5.76. The highest BCUT2D eigenvalue weighted by Crippen LogP contribution is 2.38. The first kappa shape index (κ1) is 13.4. The second kappa shape index (κ2) is 5.41. The Balaban J connectivity index is 1.96. The Morgan fingerprint density at radius 2 is 2.05 bits per heavy atom. The van der Waals surface area contributed by atoms with Gasteiger partial charge in [-0.1, -0.05) is 31.5 Å². The first-order valence-corrected chi connectivity index (χ1v) is 7.49. The fourth-order valence-electron chi connectivity index (χ4n) is 3.33. The average molecular weight is 271 g/mol. The van der Waals surface area contributed by atoms with E-state index >= 15 is 0 Å². The smallest absolute Gasteiger partial charge is 0.204 e. The van der Waals surface area contributed by atoms with Gasteiger partial charge in [0, 0.05) is 10.8 Å². The summed E-state index contributed by atoms with van der Waals surface area (Å²) in [4.78, 5) is 13.0. The van der Waals surface area contributed by atoms with Crippen molar-refractivity contribution in [1.82, 2.24) is 5.32 Å². The number of carbonyl (C=O) groups excluding carboxylic acids is 1. The van der Waals surface area contributed by atoms with E-state index in [0.29, 0.717) is 5.76 Å². The molecule has 1 aromatic heterocycles. The second-order valence-electron chi connectivity index (χ2n) is 5.76. The summed E-state index contributed by atoms with van der Waals surface area (Å²) in [6.45, 7) is 3.99. The predicted octanol–water partition coefficient (Wildman–Crippen LogP) is 3.79. The van der Waals surface area contributed by atoms with E-state index in [1.807, 2.05) is 30.3 Å². The van der Waals surface area contributed by atoms with Crippen molar-refractivity contribution in [3.63, 3.8) is 0 Å². The van der Waals surface area contributed by atoms with Gasteiger partial charge >= 0.3 is 0 Å². The summed E-state index contributed by atoms with van der Waals surface area (Å²) in [7, 11) is 0. The molecular weight excluding hydrogens is 250 g/mol. The molecule has 0 atom stereocenters. The lowest BCUT2D eigenvalue weighted by Crippen LogP contribution is -2.42. The molecule has 2 aromatic rings. The number of para-hydroxylation sites is 1. The standard InChI is InChI=1S/C17H21NO2/c1-2-7-17(8-10-18-11-9-17)16(19)15-12-13-5-3-4-6-14(13)20-15/h3-6,12,18H,2,7-11H2,1H3. The predicted molar refractivity (Wildman–Crippen MR) is 80.0 cm³/mol. The van der Waals surface area contributed by atoms with Crippen LogP contribution in [0.15, 0.2) is 34.7 Å². The van der Waals surface area contributed by atoms with Crippen molar-refractivity contribution in [2.75, 3.05) is 13.1 Å². The van der Waals surface area contributed by atoms with Crippen molar-refractivity contribution in [2.45, 2.75) is 32.6 Å². The minimum atomic E-state index is -0.228. The molecule has 0 amide bonds. The SMILES string of the molecule is CCCC1(C(=O)c2cc3ccccc3o2)CCNCC1. The van der Waals surface area contributed by atoms with Gasteiger partial charge in [0.1, 0.15) is 5.58 Å². The van der Waals surface area contributed by atoms with Crippen molar-refractivity contribution in [1.29, 1.82) is 0 Å². The van der Waals surface area contributed by atoms with Gasteiger partial charge in [-0.25, -0.2) is 0 Å². The minimum Gasteiger partial charge on any atom is -0.453 e. The lowest BCUT2D eigenvalue weighted by Gasteiger charge is -2.35. The van der Waals surface area contributed by atoms with E-state index in [9.17, 15) is 4.79 Å². The zero-order chi connectivity index (χ0) is 14.0. The van der Waals surface area contributed by atoms with Crippen molar-refractivity contribution in [3.8, 4) is 0 Å². The van der Waals surface area contributed by atoms with Gasteiger partial charge in [0.2, 0.25) is 5.78 Å². The van der Waals surface area contributed by atoms with Gasteiger partial charge < -0.3 is 9.73 Å². The number of carbonyl (C=O) groups is 1. The number of piperidine rings is 1. The van der Waals surface area contributed by atoms with Crippen molar-refractivity contribution in [2.24, 2.45) is 5.41 Å². The fourth-order valence-corrected chi connectivity index (χ4v) is 3.33. The third-order valence-electron chi connectivity index (χ3n) is 4.42. The van der Waals surface area contributed by atoms with Gasteiger partial charge in [-0.05, 0) is 44.5 Å². The Morgan fingerprint density at radius 1 is 1.30 bits per heavy atom. The van der Waals surface area contributed by atoms with Crippen molar-refractivity contribution in [3.05, 3.63) is 36.1 Å². The molecule has 2 heterocycles. The summed E-state index contributed by atoms with van der Waals surface area (Å²) in [5.41, 5.74) is 0.574. The van der Waals surface area contributed by atoms with Gasteiger partial charge in [-0.15, -0.1) is 0 Å². The average Bonchev–Trinajstić information content (AvgIpc) is 2.91. The van der Waals surface area contributed by atoms with E-state index in [2.05, 4.69) is 12.2 Å². The molecule has 0 aliphatic carbocycles. The zero-order valence-corrected chi connectivity index (χ0v) is 11.9. The molecule has 0 saturated carbocycles. The number of furan rings is 1. The van der Waals surface area contributed by atoms with Gasteiger partial charge in [0.25, 0.3) is 0 Å². The molecule has 0 unspecified atom stereocenters. The number of hydrogen-bond donors (Lipinski definition) is 1. The maximum atomic E-state index is 13.0. The van der Waals surface area contributed by atoms with Gasteiger partial charge in [0.05, 0.1) is 0 Å². The quantitative estimate of drug-likeness (QED) is 0.860. The van der Waals surface area contributed by atoms with Crippen molar-refractivity contribution >= 4 is 16.8 Å². The van der Waals surface area contributed by atoms with Crippen LogP contribution in [-0.2, 0) is 0 Å². The first-order chi connectivity index (χ1) is 9.75. The van der Waals surface area contributed by atoms with Crippen LogP contribution in [-0.4, -0.2) is 18.9 Å². The number of ketones is 1. The van der Waals surface area contributed by atoms with E-state index in [0.717, 1.165) is 49.7 Å². The van der Waals surface area contributed by atoms with Gasteiger partial charge in [0.15, 0.2) is 5.76 Å². The molecule has 0 bridgehead atoms. The Bertz CT molecular complexity index is 570. The van der Waals surface area contributed by atoms with Crippen LogP contribution in [0.4, 0.5) is 0 Å². The lowest BCUT2D eigenvalue weighted by atomic mass is 9.71. The van der Waals surface area contributed by atoms with E-state index in [4.69, 9.17) is 4.42 Å². The van der Waals surface area contributed by atoms with Crippen LogP contribution in [0.3, 0.4) is 0 Å². The molecule has 106 valence electrons. The van der Waals surface area contributed by atoms with Crippen LogP contribution in [0, 0.1) is 5.41 Å². The molecule has 1 fully saturated rings. The number of nitrogens with one attached hydrogen (secondary N) is 1. The number of hydrogen-bond acceptors (Lipinski definition) is 3. The Labute approximate surface area is 119 Å². The van der Waals surface area contributed by atoms with E-state index in [-0.39, 0.29) is 11.2 Å². The maximum absolute atomic E-state index is 13.0. The monoisotopic (exact) mass is 271 g/mol. The van der Waals surface area contributed by atoms with Crippen molar-refractivity contribution < 1.29 is 9.21 Å². The molecule has 0 radical (unpaired) electrons. The molecule has 1 aliphatic heterocycles. The Hall–Kier alpha value is -1.61. The van der Waals surface area contributed by atoms with Crippen LogP contribution in [0.5, 0.6) is 0 Å². The largest absolute Gasteiger partial charge is 0.453 e. The molecule has 3 rings (SSSR count). The highest BCUT2D eigenvalue weighted by Gasteiger charge is 2.40. The molecule has 1 aromatic carbocycles. The maximum Gasteiger partial charge on any atom is 0.204 e. The summed E-state index contributed by atoms with van der Waals surface area (Å²) >= 11 is 0. The number of fused-ring (bicyclic) bond motifs is 1. The Morgan fingerprint density at radius 3 is 2.75 bits per heavy atom. The fraction of sp³-hybridized carbons (Fsp3) is 0.471. The molecule has 1 N–H and O–H groups in total. The Kier molecular flexibility index (Phi) is 3.62. The molecule has 1 saturated heterocycles. The summed E-state index contributed by atoms with van der Waals surface area (Å²) in [6.07, 6.45) is 3.81. The summed E-state index contributed by atoms with van der Waals surface area (Å²) < 4.78 is 5.78. The summed E-state index contributed by atoms with van der Waals surface area (Å²) in [5.74, 6) is 0.721. The number of Topliss-reactive ketones (excluding diaryl/α,β-unsaturated/α-hetero) is 1. The van der Waals surface area contributed by atoms with Gasteiger partial charge in [-0.3, -0.25) is 4.79 Å². The topological polar surface area (TPSA) is 42.2 Å². The van der Waals surface area contributed by atoms with Crippen LogP contribution < -0.4 is 5.32 Å². The highest BCUT2D eigenvalue weighted by atomic mass is 16.3. The van der Waals surface area contributed by atoms with E-state index in [1.165, 1.54) is 0 Å². The minimum absolute atomic E-state index is 0.192. The zero-order valence-electron chi connectivity index (χ0n) is 11.9. The molecule has 0 spiro atoms. The molecule has 20 heavy (non-hydrogen) atoms. The van der Waals surface area contributed by atoms with Crippen LogP contribution in [0.25, 0.3) is 11.0 Å². The molecular formula is C17H21NO2. The number of rotatable bonds is 4. The molecule has 1 aliphatic rings. The lowest BCUT2D eigenvalue weighted by molar-refractivity contribution is 0.0675.